The molecule has 0 aliphatic carbocycles. The van der Waals surface area contributed by atoms with E-state index in [1.165, 1.54) is 13.2 Å². The SMILES string of the molecule is CCc1cccc(OC(=O)CNS(=O)(=O)c2ccc(OC)cc2C)c1. The maximum Gasteiger partial charge on any atom is 0.326 e. The molecule has 0 aromatic heterocycles. The summed E-state index contributed by atoms with van der Waals surface area (Å²) in [6.45, 7) is 3.20. The number of hydrogen-bond acceptors (Lipinski definition) is 5. The Kier molecular flexibility index (Phi) is 6.17. The number of carbonyl (C=O) groups excluding carboxylic acids is 1. The lowest BCUT2D eigenvalue weighted by atomic mass is 10.2. The molecule has 25 heavy (non-hydrogen) atoms. The molecule has 0 atom stereocenters. The van der Waals surface area contributed by atoms with Crippen molar-refractivity contribution >= 4 is 16.0 Å². The Hall–Kier alpha value is -2.38. The maximum absolute atomic E-state index is 12.4. The second-order valence-electron chi connectivity index (χ2n) is 5.43. The topological polar surface area (TPSA) is 81.7 Å². The van der Waals surface area contributed by atoms with Crippen LogP contribution in [0.4, 0.5) is 0 Å². The predicted molar refractivity (Wildman–Crippen MR) is 94.4 cm³/mol. The van der Waals surface area contributed by atoms with Crippen molar-refractivity contribution in [2.45, 2.75) is 25.2 Å². The fourth-order valence-corrected chi connectivity index (χ4v) is 3.47. The molecule has 0 amide bonds. The van der Waals surface area contributed by atoms with Crippen molar-refractivity contribution in [3.8, 4) is 11.5 Å². The number of aryl methyl sites for hydroxylation is 2. The molecule has 1 N–H and O–H groups in total. The number of sulfonamides is 1. The maximum atomic E-state index is 12.4. The summed E-state index contributed by atoms with van der Waals surface area (Å²) in [5, 5.41) is 0. The van der Waals surface area contributed by atoms with Crippen LogP contribution in [0.25, 0.3) is 0 Å². The average molecular weight is 363 g/mol. The predicted octanol–water partition coefficient (Wildman–Crippen LogP) is 2.45. The minimum atomic E-state index is -3.82. The highest BCUT2D eigenvalue weighted by molar-refractivity contribution is 7.89. The van der Waals surface area contributed by atoms with Crippen molar-refractivity contribution in [2.24, 2.45) is 0 Å². The lowest BCUT2D eigenvalue weighted by Gasteiger charge is -2.10. The second kappa shape index (κ2) is 8.13. The van der Waals surface area contributed by atoms with Crippen LogP contribution >= 0.6 is 0 Å². The minimum Gasteiger partial charge on any atom is -0.497 e. The van der Waals surface area contributed by atoms with Crippen molar-refractivity contribution in [3.05, 3.63) is 53.6 Å². The number of methoxy groups -OCH3 is 1. The summed E-state index contributed by atoms with van der Waals surface area (Å²) >= 11 is 0. The zero-order chi connectivity index (χ0) is 18.4. The third-order valence-electron chi connectivity index (χ3n) is 3.62. The number of carbonyl (C=O) groups is 1. The molecule has 0 saturated carbocycles. The van der Waals surface area contributed by atoms with E-state index in [1.807, 2.05) is 13.0 Å². The molecule has 0 aliphatic rings. The fourth-order valence-electron chi connectivity index (χ4n) is 2.28. The Morgan fingerprint density at radius 2 is 1.88 bits per heavy atom. The molecule has 6 nitrogen and oxygen atoms in total. The molecule has 2 aromatic rings. The normalized spacial score (nSPS) is 11.2. The number of benzene rings is 2. The van der Waals surface area contributed by atoms with Crippen LogP contribution in [0.3, 0.4) is 0 Å². The van der Waals surface area contributed by atoms with Gasteiger partial charge in [-0.3, -0.25) is 4.79 Å². The second-order valence-corrected chi connectivity index (χ2v) is 7.17. The summed E-state index contributed by atoms with van der Waals surface area (Å²) < 4.78 is 37.2. The van der Waals surface area contributed by atoms with Crippen molar-refractivity contribution in [1.29, 1.82) is 0 Å². The van der Waals surface area contributed by atoms with E-state index >= 15 is 0 Å². The molecular formula is C18H21NO5S. The zero-order valence-corrected chi connectivity index (χ0v) is 15.2. The Bertz CT molecular complexity index is 862. The Morgan fingerprint density at radius 3 is 2.52 bits per heavy atom. The van der Waals surface area contributed by atoms with Gasteiger partial charge in [-0.2, -0.15) is 4.72 Å². The summed E-state index contributed by atoms with van der Waals surface area (Å²) in [6, 6.07) is 11.7. The molecule has 7 heteroatoms. The van der Waals surface area contributed by atoms with Gasteiger partial charge in [-0.05, 0) is 54.8 Å². The van der Waals surface area contributed by atoms with Gasteiger partial charge in [-0.25, -0.2) is 8.42 Å². The first kappa shape index (κ1) is 19.0. The molecule has 0 radical (unpaired) electrons. The van der Waals surface area contributed by atoms with Crippen LogP contribution in [0.5, 0.6) is 11.5 Å². The molecule has 0 saturated heterocycles. The highest BCUT2D eigenvalue weighted by Gasteiger charge is 2.19. The third-order valence-corrected chi connectivity index (χ3v) is 5.18. The lowest BCUT2D eigenvalue weighted by Crippen LogP contribution is -2.32. The molecule has 0 aliphatic heterocycles. The van der Waals surface area contributed by atoms with Gasteiger partial charge >= 0.3 is 5.97 Å². The molecule has 0 bridgehead atoms. The number of esters is 1. The Labute approximate surface area is 147 Å². The van der Waals surface area contributed by atoms with E-state index in [-0.39, 0.29) is 4.90 Å². The van der Waals surface area contributed by atoms with Crippen LogP contribution in [0.2, 0.25) is 0 Å². The van der Waals surface area contributed by atoms with Crippen molar-refractivity contribution in [3.63, 3.8) is 0 Å². The van der Waals surface area contributed by atoms with E-state index < -0.39 is 22.5 Å². The summed E-state index contributed by atoms with van der Waals surface area (Å²) in [6.07, 6.45) is 0.814. The van der Waals surface area contributed by atoms with Crippen LogP contribution in [0.15, 0.2) is 47.4 Å². The fraction of sp³-hybridized carbons (Fsp3) is 0.278. The number of nitrogens with one attached hydrogen (secondary N) is 1. The molecule has 2 aromatic carbocycles. The molecule has 0 unspecified atom stereocenters. The van der Waals surface area contributed by atoms with E-state index in [0.29, 0.717) is 17.1 Å². The Balaban J connectivity index is 2.02. The van der Waals surface area contributed by atoms with Gasteiger partial charge in [0.1, 0.15) is 18.0 Å². The van der Waals surface area contributed by atoms with Gasteiger partial charge < -0.3 is 9.47 Å². The number of rotatable bonds is 7. The van der Waals surface area contributed by atoms with Crippen molar-refractivity contribution in [1.82, 2.24) is 4.72 Å². The van der Waals surface area contributed by atoms with Crippen LogP contribution in [-0.2, 0) is 21.2 Å². The average Bonchev–Trinajstić information content (AvgIpc) is 2.60. The largest absolute Gasteiger partial charge is 0.497 e. The van der Waals surface area contributed by atoms with E-state index in [9.17, 15) is 13.2 Å². The third kappa shape index (κ3) is 5.04. The van der Waals surface area contributed by atoms with E-state index in [0.717, 1.165) is 12.0 Å². The molecule has 0 fully saturated rings. The van der Waals surface area contributed by atoms with Gasteiger partial charge in [-0.15, -0.1) is 0 Å². The quantitative estimate of drug-likeness (QED) is 0.604. The van der Waals surface area contributed by atoms with Crippen LogP contribution in [0, 0.1) is 6.92 Å². The number of hydrogen-bond donors (Lipinski definition) is 1. The Morgan fingerprint density at radius 1 is 1.12 bits per heavy atom. The van der Waals surface area contributed by atoms with Gasteiger partial charge in [0.2, 0.25) is 10.0 Å². The van der Waals surface area contributed by atoms with Gasteiger partial charge in [0.25, 0.3) is 0 Å². The minimum absolute atomic E-state index is 0.0917. The van der Waals surface area contributed by atoms with Gasteiger partial charge in [0, 0.05) is 0 Å². The van der Waals surface area contributed by atoms with E-state index in [4.69, 9.17) is 9.47 Å². The first-order valence-corrected chi connectivity index (χ1v) is 9.28. The standard InChI is InChI=1S/C18H21NO5S/c1-4-14-6-5-7-16(11-14)24-18(20)12-19-25(21,22)17-9-8-15(23-3)10-13(17)2/h5-11,19H,4,12H2,1-3H3. The van der Waals surface area contributed by atoms with Gasteiger partial charge in [0.05, 0.1) is 12.0 Å². The summed E-state index contributed by atoms with van der Waals surface area (Å²) in [7, 11) is -2.32. The van der Waals surface area contributed by atoms with E-state index in [2.05, 4.69) is 4.72 Å². The molecule has 2 rings (SSSR count). The molecule has 134 valence electrons. The summed E-state index contributed by atoms with van der Waals surface area (Å²) in [4.78, 5) is 12.0. The molecule has 0 spiro atoms. The first-order valence-electron chi connectivity index (χ1n) is 7.79. The van der Waals surface area contributed by atoms with Gasteiger partial charge in [-0.1, -0.05) is 19.1 Å². The summed E-state index contributed by atoms with van der Waals surface area (Å²) in [5.41, 5.74) is 1.55. The zero-order valence-electron chi connectivity index (χ0n) is 14.4. The highest BCUT2D eigenvalue weighted by atomic mass is 32.2. The van der Waals surface area contributed by atoms with Crippen LogP contribution in [-0.4, -0.2) is 28.0 Å². The van der Waals surface area contributed by atoms with Crippen molar-refractivity contribution < 1.29 is 22.7 Å². The molecule has 0 heterocycles. The monoisotopic (exact) mass is 363 g/mol. The first-order chi connectivity index (χ1) is 11.9. The summed E-state index contributed by atoms with van der Waals surface area (Å²) in [5.74, 6) is 0.277. The highest BCUT2D eigenvalue weighted by Crippen LogP contribution is 2.20. The lowest BCUT2D eigenvalue weighted by molar-refractivity contribution is -0.133. The van der Waals surface area contributed by atoms with Crippen LogP contribution in [0.1, 0.15) is 18.1 Å². The van der Waals surface area contributed by atoms with Crippen molar-refractivity contribution in [2.75, 3.05) is 13.7 Å². The van der Waals surface area contributed by atoms with Crippen LogP contribution < -0.4 is 14.2 Å². The smallest absolute Gasteiger partial charge is 0.326 e. The van der Waals surface area contributed by atoms with E-state index in [1.54, 1.807) is 37.3 Å². The number of ether oxygens (including phenoxy) is 2. The van der Waals surface area contributed by atoms with Gasteiger partial charge in [0.15, 0.2) is 0 Å². The molecular weight excluding hydrogens is 342 g/mol.